The highest BCUT2D eigenvalue weighted by Crippen LogP contribution is 2.19. The predicted molar refractivity (Wildman–Crippen MR) is 108 cm³/mol. The molecule has 0 aromatic heterocycles. The molecule has 0 aliphatic carbocycles. The third-order valence-electron chi connectivity index (χ3n) is 3.95. The van der Waals surface area contributed by atoms with Crippen molar-refractivity contribution in [2.45, 2.75) is 11.8 Å². The van der Waals surface area contributed by atoms with Gasteiger partial charge in [-0.1, -0.05) is 18.2 Å². The van der Waals surface area contributed by atoms with E-state index in [9.17, 15) is 13.2 Å². The average molecular weight is 391 g/mol. The summed E-state index contributed by atoms with van der Waals surface area (Å²) in [7, 11) is -3.88. The number of nitrogens with one attached hydrogen (secondary N) is 2. The molecule has 0 aliphatic rings. The van der Waals surface area contributed by atoms with Gasteiger partial charge in [0.1, 0.15) is 0 Å². The Morgan fingerprint density at radius 1 is 0.929 bits per heavy atom. The first-order valence-corrected chi connectivity index (χ1v) is 9.87. The van der Waals surface area contributed by atoms with Gasteiger partial charge >= 0.3 is 0 Å². The van der Waals surface area contributed by atoms with Gasteiger partial charge in [-0.05, 0) is 67.1 Å². The van der Waals surface area contributed by atoms with Crippen molar-refractivity contribution in [3.05, 3.63) is 89.5 Å². The zero-order valence-electron chi connectivity index (χ0n) is 15.0. The molecule has 0 fully saturated rings. The second-order valence-corrected chi connectivity index (χ2v) is 7.83. The first kappa shape index (κ1) is 19.1. The van der Waals surface area contributed by atoms with E-state index in [1.807, 2.05) is 31.2 Å². The number of hydrogen-bond acceptors (Lipinski definition) is 4. The molecular weight excluding hydrogens is 374 g/mol. The summed E-state index contributed by atoms with van der Waals surface area (Å²) in [5.41, 5.74) is 2.62. The van der Waals surface area contributed by atoms with Crippen molar-refractivity contribution in [3.63, 3.8) is 0 Å². The summed E-state index contributed by atoms with van der Waals surface area (Å²) in [5.74, 6) is -0.402. The van der Waals surface area contributed by atoms with Crippen LogP contribution in [0, 0.1) is 18.3 Å². The van der Waals surface area contributed by atoms with Crippen molar-refractivity contribution in [3.8, 4) is 6.07 Å². The van der Waals surface area contributed by atoms with Gasteiger partial charge in [-0.3, -0.25) is 9.52 Å². The van der Waals surface area contributed by atoms with Crippen molar-refractivity contribution in [1.82, 2.24) is 0 Å². The van der Waals surface area contributed by atoms with Crippen molar-refractivity contribution < 1.29 is 13.2 Å². The molecule has 140 valence electrons. The highest BCUT2D eigenvalue weighted by molar-refractivity contribution is 7.92. The van der Waals surface area contributed by atoms with Gasteiger partial charge in [-0.15, -0.1) is 0 Å². The maximum atomic E-state index is 12.6. The summed E-state index contributed by atoms with van der Waals surface area (Å²) in [6.45, 7) is 1.91. The molecule has 0 heterocycles. The molecule has 6 nitrogen and oxygen atoms in total. The highest BCUT2D eigenvalue weighted by Gasteiger charge is 2.17. The Bertz CT molecular complexity index is 1160. The van der Waals surface area contributed by atoms with Crippen LogP contribution >= 0.6 is 0 Å². The zero-order chi connectivity index (χ0) is 20.1. The normalized spacial score (nSPS) is 10.7. The van der Waals surface area contributed by atoms with Crippen LogP contribution in [0.25, 0.3) is 0 Å². The zero-order valence-corrected chi connectivity index (χ0v) is 15.8. The number of rotatable bonds is 5. The molecule has 0 atom stereocenters. The van der Waals surface area contributed by atoms with E-state index in [0.717, 1.165) is 5.56 Å². The Kier molecular flexibility index (Phi) is 5.43. The number of nitriles is 1. The Balaban J connectivity index is 1.81. The van der Waals surface area contributed by atoms with E-state index >= 15 is 0 Å². The topological polar surface area (TPSA) is 99.1 Å². The molecule has 3 aromatic carbocycles. The summed E-state index contributed by atoms with van der Waals surface area (Å²) in [4.78, 5) is 12.4. The van der Waals surface area contributed by atoms with E-state index in [-0.39, 0.29) is 10.5 Å². The first-order valence-electron chi connectivity index (χ1n) is 8.38. The quantitative estimate of drug-likeness (QED) is 0.688. The summed E-state index contributed by atoms with van der Waals surface area (Å²) in [6.07, 6.45) is 0. The Hall–Kier alpha value is -3.63. The van der Waals surface area contributed by atoms with Gasteiger partial charge in [0, 0.05) is 16.9 Å². The number of hydrogen-bond donors (Lipinski definition) is 2. The van der Waals surface area contributed by atoms with Crippen molar-refractivity contribution in [2.24, 2.45) is 0 Å². The Morgan fingerprint density at radius 3 is 2.32 bits per heavy atom. The fraction of sp³-hybridized carbons (Fsp3) is 0.0476. The van der Waals surface area contributed by atoms with Crippen LogP contribution in [0.4, 0.5) is 11.4 Å². The van der Waals surface area contributed by atoms with E-state index in [0.29, 0.717) is 16.9 Å². The smallest absolute Gasteiger partial charge is 0.261 e. The van der Waals surface area contributed by atoms with Crippen LogP contribution in [0.15, 0.2) is 77.7 Å². The lowest BCUT2D eigenvalue weighted by molar-refractivity contribution is 0.102. The molecule has 28 heavy (non-hydrogen) atoms. The molecule has 0 saturated carbocycles. The van der Waals surface area contributed by atoms with Crippen LogP contribution in [0.1, 0.15) is 21.5 Å². The molecule has 2 N–H and O–H groups in total. The number of aryl methyl sites for hydroxylation is 1. The number of carbonyl (C=O) groups is 1. The number of benzene rings is 3. The minimum atomic E-state index is -3.88. The van der Waals surface area contributed by atoms with E-state index in [2.05, 4.69) is 10.0 Å². The fourth-order valence-electron chi connectivity index (χ4n) is 2.56. The molecule has 0 saturated heterocycles. The third kappa shape index (κ3) is 4.55. The lowest BCUT2D eigenvalue weighted by Gasteiger charge is -2.10. The van der Waals surface area contributed by atoms with Crippen molar-refractivity contribution in [2.75, 3.05) is 10.0 Å². The van der Waals surface area contributed by atoms with Gasteiger partial charge in [0.15, 0.2) is 0 Å². The average Bonchev–Trinajstić information content (AvgIpc) is 2.68. The maximum Gasteiger partial charge on any atom is 0.261 e. The summed E-state index contributed by atoms with van der Waals surface area (Å²) < 4.78 is 27.7. The number of amides is 1. The second-order valence-electron chi connectivity index (χ2n) is 6.15. The number of anilines is 2. The monoisotopic (exact) mass is 391 g/mol. The van der Waals surface area contributed by atoms with Gasteiger partial charge < -0.3 is 5.32 Å². The largest absolute Gasteiger partial charge is 0.322 e. The molecule has 0 aliphatic heterocycles. The predicted octanol–water partition coefficient (Wildman–Crippen LogP) is 3.92. The summed E-state index contributed by atoms with van der Waals surface area (Å²) in [5, 5.41) is 11.6. The van der Waals surface area contributed by atoms with Crippen LogP contribution in [0.2, 0.25) is 0 Å². The second kappa shape index (κ2) is 7.94. The molecule has 0 radical (unpaired) electrons. The summed E-state index contributed by atoms with van der Waals surface area (Å²) in [6, 6.07) is 21.1. The van der Waals surface area contributed by atoms with Crippen LogP contribution in [-0.2, 0) is 10.0 Å². The van der Waals surface area contributed by atoms with Crippen LogP contribution < -0.4 is 10.0 Å². The number of carbonyl (C=O) groups excluding carboxylic acids is 1. The SMILES string of the molecule is Cc1cccc(NC(=O)c2cccc(S(=O)(=O)Nc3ccc(C#N)cc3)c2)c1. The minimum absolute atomic E-state index is 0.0336. The maximum absolute atomic E-state index is 12.6. The molecule has 1 amide bonds. The van der Waals surface area contributed by atoms with E-state index in [1.54, 1.807) is 12.1 Å². The number of sulfonamides is 1. The lowest BCUT2D eigenvalue weighted by Crippen LogP contribution is -2.16. The fourth-order valence-corrected chi connectivity index (χ4v) is 3.66. The van der Waals surface area contributed by atoms with E-state index in [4.69, 9.17) is 5.26 Å². The third-order valence-corrected chi connectivity index (χ3v) is 5.33. The van der Waals surface area contributed by atoms with Gasteiger partial charge in [0.2, 0.25) is 0 Å². The molecular formula is C21H17N3O3S. The molecule has 3 aromatic rings. The standard InChI is InChI=1S/C21H17N3O3S/c1-15-4-2-6-19(12-15)23-21(25)17-5-3-7-20(13-17)28(26,27)24-18-10-8-16(14-22)9-11-18/h2-13,24H,1H3,(H,23,25). The van der Waals surface area contributed by atoms with Crippen molar-refractivity contribution >= 4 is 27.3 Å². The lowest BCUT2D eigenvalue weighted by atomic mass is 10.2. The Morgan fingerprint density at radius 2 is 1.64 bits per heavy atom. The molecule has 3 rings (SSSR count). The van der Waals surface area contributed by atoms with E-state index < -0.39 is 15.9 Å². The van der Waals surface area contributed by atoms with Gasteiger partial charge in [-0.2, -0.15) is 5.26 Å². The minimum Gasteiger partial charge on any atom is -0.322 e. The van der Waals surface area contributed by atoms with Gasteiger partial charge in [0.05, 0.1) is 16.5 Å². The van der Waals surface area contributed by atoms with E-state index in [1.165, 1.54) is 42.5 Å². The van der Waals surface area contributed by atoms with Crippen LogP contribution in [0.5, 0.6) is 0 Å². The molecule has 0 bridgehead atoms. The Labute approximate surface area is 163 Å². The first-order chi connectivity index (χ1) is 13.4. The molecule has 0 spiro atoms. The van der Waals surface area contributed by atoms with Crippen molar-refractivity contribution in [1.29, 1.82) is 5.26 Å². The van der Waals surface area contributed by atoms with Crippen LogP contribution in [0.3, 0.4) is 0 Å². The summed E-state index contributed by atoms with van der Waals surface area (Å²) >= 11 is 0. The molecule has 7 heteroatoms. The van der Waals surface area contributed by atoms with Gasteiger partial charge in [0.25, 0.3) is 15.9 Å². The number of nitrogens with zero attached hydrogens (tertiary/aromatic N) is 1. The highest BCUT2D eigenvalue weighted by atomic mass is 32.2. The molecule has 0 unspecified atom stereocenters. The van der Waals surface area contributed by atoms with Gasteiger partial charge in [-0.25, -0.2) is 8.42 Å². The van der Waals surface area contributed by atoms with Crippen LogP contribution in [-0.4, -0.2) is 14.3 Å².